The van der Waals surface area contributed by atoms with E-state index in [1.165, 1.54) is 6.42 Å². The van der Waals surface area contributed by atoms with Gasteiger partial charge in [0.25, 0.3) is 0 Å². The predicted molar refractivity (Wildman–Crippen MR) is 75.5 cm³/mol. The van der Waals surface area contributed by atoms with Crippen LogP contribution in [0.15, 0.2) is 0 Å². The first kappa shape index (κ1) is 17.2. The van der Waals surface area contributed by atoms with Crippen LogP contribution < -0.4 is 11.1 Å². The van der Waals surface area contributed by atoms with Crippen LogP contribution in [0.1, 0.15) is 60.3 Å². The average molecular weight is 258 g/mol. The fourth-order valence-corrected chi connectivity index (χ4v) is 2.14. The van der Waals surface area contributed by atoms with Gasteiger partial charge in [-0.05, 0) is 46.1 Å². The lowest BCUT2D eigenvalue weighted by Gasteiger charge is -2.32. The summed E-state index contributed by atoms with van der Waals surface area (Å²) in [4.78, 5) is 11.6. The first-order valence-electron chi connectivity index (χ1n) is 7.12. The fourth-order valence-electron chi connectivity index (χ4n) is 2.14. The summed E-state index contributed by atoms with van der Waals surface area (Å²) in [5.41, 5.74) is 5.27. The molecule has 2 unspecified atom stereocenters. The van der Waals surface area contributed by atoms with Gasteiger partial charge in [-0.25, -0.2) is 4.79 Å². The van der Waals surface area contributed by atoms with Crippen molar-refractivity contribution < 1.29 is 9.53 Å². The third kappa shape index (κ3) is 6.84. The Kier molecular flexibility index (Phi) is 8.00. The van der Waals surface area contributed by atoms with Crippen molar-refractivity contribution in [1.29, 1.82) is 0 Å². The van der Waals surface area contributed by atoms with Gasteiger partial charge >= 0.3 is 6.09 Å². The van der Waals surface area contributed by atoms with Gasteiger partial charge in [0, 0.05) is 6.04 Å². The van der Waals surface area contributed by atoms with Crippen molar-refractivity contribution in [2.45, 2.75) is 71.9 Å². The van der Waals surface area contributed by atoms with E-state index in [2.05, 4.69) is 5.32 Å². The number of nitrogens with two attached hydrogens (primary N) is 1. The molecule has 0 heterocycles. The summed E-state index contributed by atoms with van der Waals surface area (Å²) < 4.78 is 5.24. The molecule has 1 aliphatic rings. The third-order valence-corrected chi connectivity index (χ3v) is 2.91. The highest BCUT2D eigenvalue weighted by molar-refractivity contribution is 5.68. The standard InChI is InChI=1S/C12H24N2O2.C2H6/c1-12(2,3)16-11(15)14-10-7-5-4-6-9(10)8-13;1-2/h9-10H,4-8,13H2,1-3H3,(H,14,15);1-2H3. The van der Waals surface area contributed by atoms with Crippen LogP contribution in [0.2, 0.25) is 0 Å². The van der Waals surface area contributed by atoms with Gasteiger partial charge in [0.1, 0.15) is 5.60 Å². The SMILES string of the molecule is CC.CC(C)(C)OC(=O)NC1CCCCC1CN. The molecule has 0 spiro atoms. The predicted octanol–water partition coefficient (Wildman–Crippen LogP) is 3.05. The van der Waals surface area contributed by atoms with Crippen molar-refractivity contribution in [3.63, 3.8) is 0 Å². The molecular weight excluding hydrogens is 228 g/mol. The van der Waals surface area contributed by atoms with Crippen LogP contribution in [-0.2, 0) is 4.74 Å². The molecule has 0 aromatic heterocycles. The maximum atomic E-state index is 11.6. The Morgan fingerprint density at radius 2 is 1.83 bits per heavy atom. The Balaban J connectivity index is 0.00000137. The van der Waals surface area contributed by atoms with Gasteiger partial charge < -0.3 is 15.8 Å². The molecule has 2 atom stereocenters. The first-order valence-corrected chi connectivity index (χ1v) is 7.12. The number of carbonyl (C=O) groups is 1. The summed E-state index contributed by atoms with van der Waals surface area (Å²) in [6.07, 6.45) is 4.18. The van der Waals surface area contributed by atoms with E-state index in [1.54, 1.807) is 0 Å². The molecule has 18 heavy (non-hydrogen) atoms. The molecule has 1 rings (SSSR count). The van der Waals surface area contributed by atoms with E-state index in [0.717, 1.165) is 19.3 Å². The van der Waals surface area contributed by atoms with Crippen molar-refractivity contribution in [2.24, 2.45) is 11.7 Å². The largest absolute Gasteiger partial charge is 0.444 e. The molecule has 3 N–H and O–H groups in total. The maximum absolute atomic E-state index is 11.6. The number of hydrogen-bond donors (Lipinski definition) is 2. The third-order valence-electron chi connectivity index (χ3n) is 2.91. The summed E-state index contributed by atoms with van der Waals surface area (Å²) in [5, 5.41) is 2.94. The van der Waals surface area contributed by atoms with E-state index in [4.69, 9.17) is 10.5 Å². The van der Waals surface area contributed by atoms with Crippen LogP contribution in [0.25, 0.3) is 0 Å². The summed E-state index contributed by atoms with van der Waals surface area (Å²) in [5.74, 6) is 0.404. The highest BCUT2D eigenvalue weighted by Crippen LogP contribution is 2.23. The molecule has 0 radical (unpaired) electrons. The Bertz CT molecular complexity index is 236. The van der Waals surface area contributed by atoms with Crippen LogP contribution in [0, 0.1) is 5.92 Å². The second kappa shape index (κ2) is 8.35. The minimum atomic E-state index is -0.434. The Hall–Kier alpha value is -0.770. The van der Waals surface area contributed by atoms with E-state index in [-0.39, 0.29) is 12.1 Å². The number of rotatable bonds is 2. The molecular formula is C14H30N2O2. The molecule has 108 valence electrons. The van der Waals surface area contributed by atoms with Crippen molar-refractivity contribution >= 4 is 6.09 Å². The second-order valence-corrected chi connectivity index (χ2v) is 5.53. The number of nitrogens with one attached hydrogen (secondary N) is 1. The van der Waals surface area contributed by atoms with Crippen LogP contribution >= 0.6 is 0 Å². The lowest BCUT2D eigenvalue weighted by atomic mass is 9.85. The second-order valence-electron chi connectivity index (χ2n) is 5.53. The quantitative estimate of drug-likeness (QED) is 0.800. The zero-order valence-corrected chi connectivity index (χ0v) is 12.6. The lowest BCUT2D eigenvalue weighted by Crippen LogP contribution is -2.46. The zero-order chi connectivity index (χ0) is 14.2. The van der Waals surface area contributed by atoms with E-state index >= 15 is 0 Å². The highest BCUT2D eigenvalue weighted by Gasteiger charge is 2.27. The van der Waals surface area contributed by atoms with Crippen molar-refractivity contribution in [1.82, 2.24) is 5.32 Å². The lowest BCUT2D eigenvalue weighted by molar-refractivity contribution is 0.0471. The summed E-state index contributed by atoms with van der Waals surface area (Å²) in [6.45, 7) is 10.2. The van der Waals surface area contributed by atoms with Crippen molar-refractivity contribution in [3.05, 3.63) is 0 Å². The van der Waals surface area contributed by atoms with Gasteiger partial charge in [0.15, 0.2) is 0 Å². The summed E-state index contributed by atoms with van der Waals surface area (Å²) in [6, 6.07) is 0.189. The fraction of sp³-hybridized carbons (Fsp3) is 0.929. The highest BCUT2D eigenvalue weighted by atomic mass is 16.6. The Morgan fingerprint density at radius 1 is 1.28 bits per heavy atom. The van der Waals surface area contributed by atoms with Gasteiger partial charge in [0.05, 0.1) is 0 Å². The van der Waals surface area contributed by atoms with Crippen LogP contribution in [0.5, 0.6) is 0 Å². The normalized spacial score (nSPS) is 23.7. The van der Waals surface area contributed by atoms with Gasteiger partial charge in [-0.3, -0.25) is 0 Å². The maximum Gasteiger partial charge on any atom is 0.407 e. The van der Waals surface area contributed by atoms with Crippen LogP contribution in [0.4, 0.5) is 4.79 Å². The Labute approximate surface area is 112 Å². The van der Waals surface area contributed by atoms with E-state index in [0.29, 0.717) is 12.5 Å². The van der Waals surface area contributed by atoms with E-state index in [1.807, 2.05) is 34.6 Å². The minimum Gasteiger partial charge on any atom is -0.444 e. The van der Waals surface area contributed by atoms with Crippen LogP contribution in [0.3, 0.4) is 0 Å². The van der Waals surface area contributed by atoms with Gasteiger partial charge in [-0.1, -0.05) is 26.7 Å². The molecule has 1 amide bonds. The number of ether oxygens (including phenoxy) is 1. The number of alkyl carbamates (subject to hydrolysis) is 1. The summed E-state index contributed by atoms with van der Waals surface area (Å²) >= 11 is 0. The number of amides is 1. The van der Waals surface area contributed by atoms with Gasteiger partial charge in [-0.2, -0.15) is 0 Å². The van der Waals surface area contributed by atoms with Crippen LogP contribution in [-0.4, -0.2) is 24.3 Å². The monoisotopic (exact) mass is 258 g/mol. The average Bonchev–Trinajstić information content (AvgIpc) is 2.30. The molecule has 1 fully saturated rings. The molecule has 4 heteroatoms. The van der Waals surface area contributed by atoms with E-state index < -0.39 is 5.60 Å². The van der Waals surface area contributed by atoms with E-state index in [9.17, 15) is 4.79 Å². The molecule has 4 nitrogen and oxygen atoms in total. The molecule has 0 saturated heterocycles. The number of hydrogen-bond acceptors (Lipinski definition) is 3. The topological polar surface area (TPSA) is 64.3 Å². The molecule has 0 bridgehead atoms. The van der Waals surface area contributed by atoms with Gasteiger partial charge in [-0.15, -0.1) is 0 Å². The Morgan fingerprint density at radius 3 is 2.33 bits per heavy atom. The molecule has 0 aromatic rings. The molecule has 0 aromatic carbocycles. The minimum absolute atomic E-state index is 0.189. The van der Waals surface area contributed by atoms with Crippen molar-refractivity contribution in [2.75, 3.05) is 6.54 Å². The molecule has 1 aliphatic carbocycles. The molecule has 0 aliphatic heterocycles. The summed E-state index contributed by atoms with van der Waals surface area (Å²) in [7, 11) is 0. The molecule has 1 saturated carbocycles. The van der Waals surface area contributed by atoms with Crippen molar-refractivity contribution in [3.8, 4) is 0 Å². The zero-order valence-electron chi connectivity index (χ0n) is 12.6. The van der Waals surface area contributed by atoms with Gasteiger partial charge in [0.2, 0.25) is 0 Å². The smallest absolute Gasteiger partial charge is 0.407 e. The number of carbonyl (C=O) groups excluding carboxylic acids is 1. The first-order chi connectivity index (χ1) is 8.42.